The van der Waals surface area contributed by atoms with E-state index in [0.717, 1.165) is 18.7 Å². The first-order valence-corrected chi connectivity index (χ1v) is 6.85. The van der Waals surface area contributed by atoms with E-state index in [1.165, 1.54) is 24.3 Å². The fourth-order valence-corrected chi connectivity index (χ4v) is 2.17. The molecule has 0 aliphatic carbocycles. The average Bonchev–Trinajstić information content (AvgIpc) is 3.20. The molecule has 0 aliphatic rings. The highest BCUT2D eigenvalue weighted by Gasteiger charge is 2.19. The number of nitrogens with zero attached hydrogens (tertiary/aromatic N) is 2. The fraction of sp³-hybridized carbons (Fsp3) is 0.0625. The van der Waals surface area contributed by atoms with E-state index in [-0.39, 0.29) is 17.8 Å². The number of allylic oxidation sites excluding steroid dienone is 1. The van der Waals surface area contributed by atoms with E-state index in [2.05, 4.69) is 15.2 Å². The maximum Gasteiger partial charge on any atom is 0.289 e. The Morgan fingerprint density at radius 2 is 2.04 bits per heavy atom. The Morgan fingerprint density at radius 1 is 1.29 bits per heavy atom. The molecule has 0 aliphatic heterocycles. The maximum absolute atomic E-state index is 13.8. The second kappa shape index (κ2) is 6.45. The van der Waals surface area contributed by atoms with Gasteiger partial charge in [-0.2, -0.15) is 9.49 Å². The van der Waals surface area contributed by atoms with E-state index in [0.29, 0.717) is 11.1 Å². The molecule has 2 aromatic heterocycles. The minimum Gasteiger partial charge on any atom is -0.507 e. The average molecular weight is 331 g/mol. The number of carbonyl (C=O) groups excluding carboxylic acids is 1. The number of nitrogens with one attached hydrogen (secondary N) is 1. The summed E-state index contributed by atoms with van der Waals surface area (Å²) in [6, 6.07) is 4.59. The lowest BCUT2D eigenvalue weighted by molar-refractivity contribution is 0.103. The van der Waals surface area contributed by atoms with E-state index in [1.807, 2.05) is 0 Å². The monoisotopic (exact) mass is 331 g/mol. The normalized spacial score (nSPS) is 11.7. The third kappa shape index (κ3) is 3.22. The Labute approximate surface area is 134 Å². The van der Waals surface area contributed by atoms with E-state index in [1.54, 1.807) is 0 Å². The predicted octanol–water partition coefficient (Wildman–Crippen LogP) is 3.05. The van der Waals surface area contributed by atoms with Crippen molar-refractivity contribution in [1.82, 2.24) is 15.2 Å². The molecule has 0 atom stereocenters. The smallest absolute Gasteiger partial charge is 0.289 e. The molecule has 0 unspecified atom stereocenters. The quantitative estimate of drug-likeness (QED) is 0.426. The Kier molecular flexibility index (Phi) is 4.19. The van der Waals surface area contributed by atoms with Crippen LogP contribution in [0.5, 0.6) is 0 Å². The molecule has 2 heterocycles. The van der Waals surface area contributed by atoms with Gasteiger partial charge < -0.3 is 9.52 Å². The first-order valence-electron chi connectivity index (χ1n) is 6.85. The van der Waals surface area contributed by atoms with Crippen LogP contribution in [0.1, 0.15) is 27.3 Å². The summed E-state index contributed by atoms with van der Waals surface area (Å²) in [7, 11) is 0. The largest absolute Gasteiger partial charge is 0.507 e. The number of furan rings is 1. The van der Waals surface area contributed by atoms with Crippen molar-refractivity contribution in [1.29, 1.82) is 0 Å². The van der Waals surface area contributed by atoms with Gasteiger partial charge >= 0.3 is 0 Å². The first kappa shape index (κ1) is 15.6. The minimum absolute atomic E-state index is 0.0921. The highest BCUT2D eigenvalue weighted by Crippen LogP contribution is 2.25. The molecule has 0 spiro atoms. The van der Waals surface area contributed by atoms with Crippen LogP contribution in [0.15, 0.2) is 47.3 Å². The number of H-pyrrole nitrogens is 1. The Balaban J connectivity index is 1.89. The molecule has 3 aromatic rings. The number of aromatic amines is 1. The van der Waals surface area contributed by atoms with Crippen molar-refractivity contribution in [3.05, 3.63) is 77.3 Å². The van der Waals surface area contributed by atoms with E-state index >= 15 is 0 Å². The number of hydrogen-bond acceptors (Lipinski definition) is 5. The van der Waals surface area contributed by atoms with Gasteiger partial charge in [0.15, 0.2) is 5.82 Å². The lowest BCUT2D eigenvalue weighted by atomic mass is 10.0. The van der Waals surface area contributed by atoms with Crippen molar-refractivity contribution < 1.29 is 23.1 Å². The van der Waals surface area contributed by atoms with Gasteiger partial charge in [-0.25, -0.2) is 9.37 Å². The van der Waals surface area contributed by atoms with Crippen LogP contribution in [0, 0.1) is 11.8 Å². The highest BCUT2D eigenvalue weighted by atomic mass is 19.1. The van der Waals surface area contributed by atoms with Gasteiger partial charge in [-0.15, -0.1) is 0 Å². The van der Waals surface area contributed by atoms with Gasteiger partial charge in [0, 0.05) is 18.1 Å². The fourth-order valence-electron chi connectivity index (χ4n) is 2.17. The number of aliphatic hydroxyl groups is 1. The number of hydrogen-bond donors (Lipinski definition) is 2. The number of halogens is 2. The minimum atomic E-state index is -1.02. The topological polar surface area (TPSA) is 92.0 Å². The summed E-state index contributed by atoms with van der Waals surface area (Å²) < 4.78 is 31.5. The van der Waals surface area contributed by atoms with Crippen LogP contribution in [0.2, 0.25) is 0 Å². The first-order chi connectivity index (χ1) is 11.5. The lowest BCUT2D eigenvalue weighted by Crippen LogP contribution is -2.01. The molecule has 6 nitrogen and oxygen atoms in total. The van der Waals surface area contributed by atoms with Crippen LogP contribution in [0.25, 0.3) is 5.76 Å². The van der Waals surface area contributed by atoms with Gasteiger partial charge in [-0.1, -0.05) is 12.1 Å². The molecule has 24 heavy (non-hydrogen) atoms. The molecule has 0 bridgehead atoms. The van der Waals surface area contributed by atoms with E-state index in [4.69, 9.17) is 4.42 Å². The molecule has 0 amide bonds. The second-order valence-electron chi connectivity index (χ2n) is 4.94. The van der Waals surface area contributed by atoms with Crippen LogP contribution in [0.4, 0.5) is 8.78 Å². The van der Waals surface area contributed by atoms with E-state index in [9.17, 15) is 18.7 Å². The van der Waals surface area contributed by atoms with Crippen LogP contribution in [0.3, 0.4) is 0 Å². The van der Waals surface area contributed by atoms with Gasteiger partial charge in [-0.3, -0.25) is 9.89 Å². The second-order valence-corrected chi connectivity index (χ2v) is 4.94. The third-order valence-electron chi connectivity index (χ3n) is 3.30. The summed E-state index contributed by atoms with van der Waals surface area (Å²) in [5.41, 5.74) is 0.776. The van der Waals surface area contributed by atoms with Crippen LogP contribution < -0.4 is 0 Å². The molecule has 8 heteroatoms. The molecule has 3 rings (SSSR count). The number of carbonyl (C=O) groups is 1. The number of benzene rings is 1. The van der Waals surface area contributed by atoms with Crippen LogP contribution in [-0.4, -0.2) is 26.1 Å². The zero-order chi connectivity index (χ0) is 17.1. The molecule has 2 N–H and O–H groups in total. The SMILES string of the molecule is O=C(C=C(O)c1c(Cc2ccc(F)cc2)coc1F)c1ncn[nH]1. The van der Waals surface area contributed by atoms with Crippen molar-refractivity contribution in [2.75, 3.05) is 0 Å². The Hall–Kier alpha value is -3.29. The molecular formula is C16H11F2N3O3. The van der Waals surface area contributed by atoms with Gasteiger partial charge in [0.25, 0.3) is 6.01 Å². The Morgan fingerprint density at radius 3 is 2.71 bits per heavy atom. The molecule has 0 radical (unpaired) electrons. The summed E-state index contributed by atoms with van der Waals surface area (Å²) >= 11 is 0. The van der Waals surface area contributed by atoms with Gasteiger partial charge in [-0.05, 0) is 17.7 Å². The third-order valence-corrected chi connectivity index (χ3v) is 3.30. The number of aromatic nitrogens is 3. The summed E-state index contributed by atoms with van der Waals surface area (Å²) in [6.45, 7) is 0. The summed E-state index contributed by atoms with van der Waals surface area (Å²) in [5, 5.41) is 15.9. The Bertz CT molecular complexity index is 884. The summed E-state index contributed by atoms with van der Waals surface area (Å²) in [4.78, 5) is 15.5. The van der Waals surface area contributed by atoms with E-state index < -0.39 is 23.4 Å². The predicted molar refractivity (Wildman–Crippen MR) is 79.2 cm³/mol. The van der Waals surface area contributed by atoms with Crippen molar-refractivity contribution in [3.8, 4) is 0 Å². The van der Waals surface area contributed by atoms with Crippen LogP contribution >= 0.6 is 0 Å². The molecule has 1 aromatic carbocycles. The molecular weight excluding hydrogens is 320 g/mol. The van der Waals surface area contributed by atoms with Crippen LogP contribution in [-0.2, 0) is 6.42 Å². The molecule has 0 saturated heterocycles. The van der Waals surface area contributed by atoms with Crippen molar-refractivity contribution in [2.45, 2.75) is 6.42 Å². The van der Waals surface area contributed by atoms with Gasteiger partial charge in [0.2, 0.25) is 5.78 Å². The zero-order valence-electron chi connectivity index (χ0n) is 12.2. The molecule has 122 valence electrons. The number of ketones is 1. The number of aliphatic hydroxyl groups excluding tert-OH is 1. The summed E-state index contributed by atoms with van der Waals surface area (Å²) in [5.74, 6) is -1.75. The van der Waals surface area contributed by atoms with Crippen molar-refractivity contribution in [3.63, 3.8) is 0 Å². The molecule has 0 fully saturated rings. The molecule has 0 saturated carbocycles. The standard InChI is InChI=1S/C16H11F2N3O3/c17-11-3-1-9(2-4-11)5-10-7-24-15(18)14(10)12(22)6-13(23)16-19-8-20-21-16/h1-4,6-8,22H,5H2,(H,19,20,21). The van der Waals surface area contributed by atoms with Crippen molar-refractivity contribution >= 4 is 11.5 Å². The maximum atomic E-state index is 13.8. The van der Waals surface area contributed by atoms with Gasteiger partial charge in [0.05, 0.1) is 11.8 Å². The highest BCUT2D eigenvalue weighted by molar-refractivity contribution is 6.05. The number of rotatable bonds is 5. The van der Waals surface area contributed by atoms with Gasteiger partial charge in [0.1, 0.15) is 17.9 Å². The zero-order valence-corrected chi connectivity index (χ0v) is 12.2. The summed E-state index contributed by atoms with van der Waals surface area (Å²) in [6.07, 6.45) is 3.29. The van der Waals surface area contributed by atoms with Crippen molar-refractivity contribution in [2.24, 2.45) is 0 Å². The lowest BCUT2D eigenvalue weighted by Gasteiger charge is -2.03.